The Hall–Kier alpha value is -9.40. The molecule has 11 heteroatoms. The lowest BCUT2D eigenvalue weighted by Crippen LogP contribution is -2.14. The van der Waals surface area contributed by atoms with Crippen LogP contribution in [-0.2, 0) is 22.3 Å². The molecular formula is C88H103N5O6. The molecular weight excluding hydrogens is 1220 g/mol. The number of benzene rings is 5. The summed E-state index contributed by atoms with van der Waals surface area (Å²) in [5, 5.41) is 0. The number of fused-ring (bicyclic) bond motifs is 8. The summed E-state index contributed by atoms with van der Waals surface area (Å²) in [6.07, 6.45) is 33.9. The second-order valence-electron chi connectivity index (χ2n) is 26.3. The lowest BCUT2D eigenvalue weighted by Gasteiger charge is -2.27. The molecule has 2 N–H and O–H groups in total. The van der Waals surface area contributed by atoms with Crippen LogP contribution in [0.3, 0.4) is 0 Å². The summed E-state index contributed by atoms with van der Waals surface area (Å²) < 4.78 is 24.7. The molecule has 0 saturated carbocycles. The van der Waals surface area contributed by atoms with E-state index in [1.807, 2.05) is 6.08 Å². The van der Waals surface area contributed by atoms with Gasteiger partial charge in [-0.2, -0.15) is 0 Å². The van der Waals surface area contributed by atoms with Crippen molar-refractivity contribution < 1.29 is 28.5 Å². The number of rotatable bonds is 35. The van der Waals surface area contributed by atoms with Crippen molar-refractivity contribution in [1.29, 1.82) is 0 Å². The predicted octanol–water partition coefficient (Wildman–Crippen LogP) is 23.6. The van der Waals surface area contributed by atoms with E-state index in [0.29, 0.717) is 41.2 Å². The second-order valence-corrected chi connectivity index (χ2v) is 26.3. The van der Waals surface area contributed by atoms with Gasteiger partial charge >= 0.3 is 11.9 Å². The SMILES string of the molecule is CCCCCCCCOc1cccc(C)c1-c1c2nc(c(N(c3ccc(CCCCCC)cc3)c3ccc(CCCCCC)cc3)c3ccc([nH]3)c(-c3c(C)cccc3OCCCCCCCC)c3nc(c(C#Cc4ccc(C(=O)OCC)c(C(=O)OCC)c4)c4ccc1[nH]4)C=C3)C=C2. The number of hydrogen-bond acceptors (Lipinski definition) is 9. The molecule has 0 saturated heterocycles. The van der Waals surface area contributed by atoms with Crippen molar-refractivity contribution in [3.63, 3.8) is 0 Å². The minimum atomic E-state index is -0.638. The number of carbonyl (C=O) groups is 2. The molecule has 516 valence electrons. The largest absolute Gasteiger partial charge is 0.493 e. The number of nitrogens with one attached hydrogen (secondary N) is 2. The summed E-state index contributed by atoms with van der Waals surface area (Å²) in [6.45, 7) is 18.2. The van der Waals surface area contributed by atoms with E-state index < -0.39 is 11.9 Å². The summed E-state index contributed by atoms with van der Waals surface area (Å²) in [5.41, 5.74) is 18.6. The fourth-order valence-corrected chi connectivity index (χ4v) is 13.4. The Morgan fingerprint density at radius 1 is 0.414 bits per heavy atom. The van der Waals surface area contributed by atoms with Gasteiger partial charge in [0.1, 0.15) is 11.5 Å². The molecule has 11 nitrogen and oxygen atoms in total. The first kappa shape index (κ1) is 72.3. The van der Waals surface area contributed by atoms with Crippen LogP contribution >= 0.6 is 0 Å². The molecule has 5 heterocycles. The summed E-state index contributed by atoms with van der Waals surface area (Å²) in [5.74, 6) is 7.26. The maximum absolute atomic E-state index is 13.6. The summed E-state index contributed by atoms with van der Waals surface area (Å²) in [4.78, 5) is 48.8. The van der Waals surface area contributed by atoms with E-state index in [1.54, 1.807) is 32.0 Å². The molecule has 8 aromatic rings. The third-order valence-electron chi connectivity index (χ3n) is 18.8. The highest BCUT2D eigenvalue weighted by atomic mass is 16.5. The Morgan fingerprint density at radius 2 is 0.848 bits per heavy atom. The van der Waals surface area contributed by atoms with Gasteiger partial charge in [0.05, 0.1) is 82.6 Å². The van der Waals surface area contributed by atoms with Gasteiger partial charge in [0.2, 0.25) is 0 Å². The highest BCUT2D eigenvalue weighted by Gasteiger charge is 2.26. The number of aromatic nitrogens is 4. The molecule has 0 unspecified atom stereocenters. The van der Waals surface area contributed by atoms with Gasteiger partial charge in [-0.3, -0.25) is 0 Å². The average Bonchev–Trinajstić information content (AvgIpc) is 1.62. The van der Waals surface area contributed by atoms with Gasteiger partial charge in [-0.25, -0.2) is 19.6 Å². The van der Waals surface area contributed by atoms with Gasteiger partial charge in [0.25, 0.3) is 0 Å². The summed E-state index contributed by atoms with van der Waals surface area (Å²) in [7, 11) is 0. The maximum Gasteiger partial charge on any atom is 0.339 e. The molecule has 2 aliphatic heterocycles. The lowest BCUT2D eigenvalue weighted by molar-refractivity contribution is 0.0479. The zero-order valence-electron chi connectivity index (χ0n) is 60.1. The summed E-state index contributed by atoms with van der Waals surface area (Å²) in [6, 6.07) is 44.5. The number of carbonyl (C=O) groups excluding carboxylic acids is 2. The van der Waals surface area contributed by atoms with Crippen LogP contribution in [0, 0.1) is 25.7 Å². The van der Waals surface area contributed by atoms with E-state index in [4.69, 9.17) is 28.9 Å². The first-order valence-corrected chi connectivity index (χ1v) is 37.2. The zero-order chi connectivity index (χ0) is 69.3. The number of ether oxygens (including phenoxy) is 4. The van der Waals surface area contributed by atoms with Crippen molar-refractivity contribution in [3.05, 3.63) is 195 Å². The normalized spacial score (nSPS) is 11.6. The number of hydrogen-bond donors (Lipinski definition) is 2. The van der Waals surface area contributed by atoms with Gasteiger partial charge in [-0.15, -0.1) is 0 Å². The molecule has 0 atom stereocenters. The van der Waals surface area contributed by atoms with Crippen LogP contribution < -0.4 is 14.4 Å². The highest BCUT2D eigenvalue weighted by molar-refractivity contribution is 6.04. The van der Waals surface area contributed by atoms with Crippen molar-refractivity contribution >= 4 is 75.4 Å². The molecule has 0 amide bonds. The van der Waals surface area contributed by atoms with Crippen LogP contribution in [0.25, 0.3) is 68.6 Å². The van der Waals surface area contributed by atoms with Gasteiger partial charge in [-0.1, -0.05) is 191 Å². The van der Waals surface area contributed by atoms with Gasteiger partial charge in [0.15, 0.2) is 0 Å². The van der Waals surface area contributed by atoms with E-state index in [-0.39, 0.29) is 24.3 Å². The van der Waals surface area contributed by atoms with E-state index in [1.165, 1.54) is 101 Å². The first-order valence-electron chi connectivity index (χ1n) is 37.2. The van der Waals surface area contributed by atoms with Gasteiger partial charge < -0.3 is 33.8 Å². The lowest BCUT2D eigenvalue weighted by atomic mass is 9.97. The van der Waals surface area contributed by atoms with Crippen LogP contribution in [0.15, 0.2) is 127 Å². The molecule has 8 bridgehead atoms. The predicted molar refractivity (Wildman–Crippen MR) is 412 cm³/mol. The monoisotopic (exact) mass is 1330 g/mol. The quantitative estimate of drug-likeness (QED) is 0.0226. The Balaban J connectivity index is 1.29. The Labute approximate surface area is 588 Å². The molecule has 5 aromatic carbocycles. The van der Waals surface area contributed by atoms with Crippen molar-refractivity contribution in [2.75, 3.05) is 31.3 Å². The minimum Gasteiger partial charge on any atom is -0.493 e. The molecule has 0 fully saturated rings. The molecule has 3 aromatic heterocycles. The molecule has 10 rings (SSSR count). The topological polar surface area (TPSA) is 132 Å². The molecule has 2 aliphatic rings. The van der Waals surface area contributed by atoms with Crippen LogP contribution in [-0.4, -0.2) is 58.3 Å². The van der Waals surface area contributed by atoms with Crippen LogP contribution in [0.1, 0.15) is 247 Å². The number of H-pyrrole nitrogens is 2. The van der Waals surface area contributed by atoms with Crippen molar-refractivity contribution in [1.82, 2.24) is 19.9 Å². The number of aromatic amines is 2. The highest BCUT2D eigenvalue weighted by Crippen LogP contribution is 2.45. The number of unbranched alkanes of at least 4 members (excludes halogenated alkanes) is 16. The standard InChI is InChI=1S/C88H103N5O6/c1-9-15-19-23-25-29-59-98-80-37-31-33-62(7)82(80)84-74-53-51-72(89-74)70(50-44-66-43-49-69(87(94)96-13-5)71(61-66)88(95)97-14-6)73-52-54-75(90-73)85(83-63(8)34-32-38-81(83)99-60-30-26-24-20-16-10-2)77-56-58-79(92-77)86(78-57-55-76(84)91-78)93(67-45-39-64(40-46-67)35-27-21-17-11-3)68-47-41-65(42-48-68)36-28-22-18-12-4/h31-34,37-43,45-49,51-58,61,89,92H,9-30,35-36,59-60H2,1-8H3. The number of nitrogens with zero attached hydrogens (tertiary/aromatic N) is 3. The Morgan fingerprint density at radius 3 is 1.36 bits per heavy atom. The van der Waals surface area contributed by atoms with E-state index in [2.05, 4.69) is 196 Å². The third kappa shape index (κ3) is 18.7. The van der Waals surface area contributed by atoms with Gasteiger partial charge in [-0.05, 0) is 192 Å². The zero-order valence-corrected chi connectivity index (χ0v) is 60.1. The molecule has 0 spiro atoms. The fraction of sp³-hybridized carbons (Fsp3) is 0.386. The molecule has 99 heavy (non-hydrogen) atoms. The first-order chi connectivity index (χ1) is 48.5. The van der Waals surface area contributed by atoms with Gasteiger partial charge in [0, 0.05) is 50.2 Å². The smallest absolute Gasteiger partial charge is 0.339 e. The Bertz CT molecular complexity index is 4210. The van der Waals surface area contributed by atoms with Crippen LogP contribution in [0.5, 0.6) is 11.5 Å². The van der Waals surface area contributed by atoms with Crippen molar-refractivity contribution in [3.8, 4) is 45.6 Å². The summed E-state index contributed by atoms with van der Waals surface area (Å²) >= 11 is 0. The molecule has 0 aliphatic carbocycles. The number of esters is 2. The average molecular weight is 1330 g/mol. The number of anilines is 3. The van der Waals surface area contributed by atoms with Crippen molar-refractivity contribution in [2.24, 2.45) is 0 Å². The van der Waals surface area contributed by atoms with E-state index in [0.717, 1.165) is 141 Å². The van der Waals surface area contributed by atoms with Crippen LogP contribution in [0.4, 0.5) is 17.1 Å². The molecule has 0 radical (unpaired) electrons. The van der Waals surface area contributed by atoms with E-state index in [9.17, 15) is 9.59 Å². The maximum atomic E-state index is 13.6. The Kier molecular flexibility index (Phi) is 27.0. The third-order valence-corrected chi connectivity index (χ3v) is 18.8. The fourth-order valence-electron chi connectivity index (χ4n) is 13.4. The minimum absolute atomic E-state index is 0.0764. The van der Waals surface area contributed by atoms with Crippen molar-refractivity contribution in [2.45, 2.75) is 197 Å². The van der Waals surface area contributed by atoms with E-state index >= 15 is 0 Å². The van der Waals surface area contributed by atoms with Crippen LogP contribution in [0.2, 0.25) is 0 Å². The second kappa shape index (κ2) is 37.0. The number of aryl methyl sites for hydroxylation is 4.